The Kier molecular flexibility index (Phi) is 5.73. The van der Waals surface area contributed by atoms with Gasteiger partial charge in [0.25, 0.3) is 5.91 Å². The van der Waals surface area contributed by atoms with E-state index in [-0.39, 0.29) is 17.9 Å². The van der Waals surface area contributed by atoms with Gasteiger partial charge in [-0.2, -0.15) is 5.10 Å². The van der Waals surface area contributed by atoms with Gasteiger partial charge in [0.15, 0.2) is 0 Å². The van der Waals surface area contributed by atoms with Gasteiger partial charge >= 0.3 is 0 Å². The number of amides is 2. The fraction of sp³-hybridized carbons (Fsp3) is 0.722. The van der Waals surface area contributed by atoms with Crippen molar-refractivity contribution in [2.24, 2.45) is 5.92 Å². The van der Waals surface area contributed by atoms with E-state index in [2.05, 4.69) is 10.4 Å². The van der Waals surface area contributed by atoms with Gasteiger partial charge in [0.05, 0.1) is 11.8 Å². The third-order valence-electron chi connectivity index (χ3n) is 5.26. The molecular formula is C18H28N4O3. The monoisotopic (exact) mass is 348 g/mol. The fourth-order valence-electron chi connectivity index (χ4n) is 3.69. The van der Waals surface area contributed by atoms with Crippen LogP contribution in [0.2, 0.25) is 0 Å². The summed E-state index contributed by atoms with van der Waals surface area (Å²) >= 11 is 0. The Morgan fingerprint density at radius 3 is 2.88 bits per heavy atom. The predicted molar refractivity (Wildman–Crippen MR) is 93.2 cm³/mol. The molecule has 3 rings (SSSR count). The first kappa shape index (κ1) is 17.9. The maximum absolute atomic E-state index is 13.0. The minimum Gasteiger partial charge on any atom is -0.381 e. The number of nitrogens with one attached hydrogen (secondary N) is 1. The molecule has 0 aromatic carbocycles. The summed E-state index contributed by atoms with van der Waals surface area (Å²) in [6.07, 6.45) is 5.28. The van der Waals surface area contributed by atoms with Crippen molar-refractivity contribution in [1.82, 2.24) is 20.0 Å². The number of hydrogen-bond acceptors (Lipinski definition) is 4. The molecule has 3 heterocycles. The van der Waals surface area contributed by atoms with Crippen LogP contribution in [0.15, 0.2) is 6.20 Å². The van der Waals surface area contributed by atoms with Crippen molar-refractivity contribution in [3.8, 4) is 0 Å². The molecule has 1 aromatic rings. The number of rotatable bonds is 5. The molecule has 2 saturated heterocycles. The summed E-state index contributed by atoms with van der Waals surface area (Å²) in [6.45, 7) is 7.47. The van der Waals surface area contributed by atoms with Crippen molar-refractivity contribution in [3.63, 3.8) is 0 Å². The van der Waals surface area contributed by atoms with Crippen LogP contribution in [0.3, 0.4) is 0 Å². The molecule has 25 heavy (non-hydrogen) atoms. The number of carbonyl (C=O) groups is 2. The Morgan fingerprint density at radius 2 is 2.16 bits per heavy atom. The topological polar surface area (TPSA) is 76.5 Å². The molecule has 0 radical (unpaired) electrons. The first-order chi connectivity index (χ1) is 12.1. The Hall–Kier alpha value is -1.89. The number of carbonyl (C=O) groups excluding carboxylic acids is 2. The van der Waals surface area contributed by atoms with Crippen molar-refractivity contribution in [2.75, 3.05) is 26.3 Å². The standard InChI is InChI=1S/C18H28N4O3/c1-3-4-16-17(23)19-7-8-21(16)18(24)15-11-20-22(13(15)2)12-14-5-9-25-10-6-14/h11,14,16H,3-10,12H2,1-2H3,(H,19,23). The van der Waals surface area contributed by atoms with E-state index in [0.717, 1.165) is 44.7 Å². The van der Waals surface area contributed by atoms with Crippen LogP contribution in [0.4, 0.5) is 0 Å². The molecule has 7 nitrogen and oxygen atoms in total. The molecule has 7 heteroatoms. The molecule has 2 fully saturated rings. The first-order valence-corrected chi connectivity index (χ1v) is 9.30. The van der Waals surface area contributed by atoms with Crippen molar-refractivity contribution >= 4 is 11.8 Å². The molecule has 2 amide bonds. The second-order valence-electron chi connectivity index (χ2n) is 6.98. The Bertz CT molecular complexity index is 622. The molecule has 0 spiro atoms. The molecule has 1 N–H and O–H groups in total. The summed E-state index contributed by atoms with van der Waals surface area (Å²) < 4.78 is 7.34. The van der Waals surface area contributed by atoms with Gasteiger partial charge in [0.2, 0.25) is 5.91 Å². The van der Waals surface area contributed by atoms with E-state index in [4.69, 9.17) is 4.74 Å². The SMILES string of the molecule is CCCC1C(=O)NCCN1C(=O)c1cnn(CC2CCOCC2)c1C. The van der Waals surface area contributed by atoms with E-state index in [1.54, 1.807) is 11.1 Å². The second-order valence-corrected chi connectivity index (χ2v) is 6.98. The minimum atomic E-state index is -0.371. The van der Waals surface area contributed by atoms with E-state index < -0.39 is 0 Å². The number of ether oxygens (including phenoxy) is 1. The molecule has 1 unspecified atom stereocenters. The molecule has 138 valence electrons. The maximum atomic E-state index is 13.0. The number of hydrogen-bond donors (Lipinski definition) is 1. The van der Waals surface area contributed by atoms with Crippen LogP contribution in [-0.4, -0.2) is 58.8 Å². The van der Waals surface area contributed by atoms with Gasteiger partial charge in [-0.15, -0.1) is 0 Å². The van der Waals surface area contributed by atoms with Gasteiger partial charge in [-0.25, -0.2) is 0 Å². The van der Waals surface area contributed by atoms with Crippen LogP contribution in [0, 0.1) is 12.8 Å². The summed E-state index contributed by atoms with van der Waals surface area (Å²) in [5.74, 6) is 0.418. The smallest absolute Gasteiger partial charge is 0.258 e. The van der Waals surface area contributed by atoms with E-state index in [0.29, 0.717) is 31.0 Å². The molecule has 0 aliphatic carbocycles. The van der Waals surface area contributed by atoms with Gasteiger partial charge in [0.1, 0.15) is 6.04 Å². The van der Waals surface area contributed by atoms with E-state index in [1.807, 2.05) is 18.5 Å². The van der Waals surface area contributed by atoms with Crippen molar-refractivity contribution in [2.45, 2.75) is 52.1 Å². The highest BCUT2D eigenvalue weighted by Gasteiger charge is 2.34. The third kappa shape index (κ3) is 3.86. The zero-order valence-electron chi connectivity index (χ0n) is 15.2. The minimum absolute atomic E-state index is 0.0475. The van der Waals surface area contributed by atoms with Crippen LogP contribution in [0.1, 0.15) is 48.7 Å². The molecule has 0 saturated carbocycles. The Labute approximate surface area is 148 Å². The third-order valence-corrected chi connectivity index (χ3v) is 5.26. The predicted octanol–water partition coefficient (Wildman–Crippen LogP) is 1.36. The highest BCUT2D eigenvalue weighted by Crippen LogP contribution is 2.21. The quantitative estimate of drug-likeness (QED) is 0.872. The lowest BCUT2D eigenvalue weighted by Crippen LogP contribution is -2.57. The summed E-state index contributed by atoms with van der Waals surface area (Å²) in [4.78, 5) is 26.9. The van der Waals surface area contributed by atoms with Crippen molar-refractivity contribution in [1.29, 1.82) is 0 Å². The van der Waals surface area contributed by atoms with E-state index in [1.165, 1.54) is 0 Å². The van der Waals surface area contributed by atoms with Crippen molar-refractivity contribution in [3.05, 3.63) is 17.5 Å². The van der Waals surface area contributed by atoms with Gasteiger partial charge in [-0.3, -0.25) is 14.3 Å². The van der Waals surface area contributed by atoms with Crippen LogP contribution < -0.4 is 5.32 Å². The zero-order chi connectivity index (χ0) is 17.8. The second kappa shape index (κ2) is 7.99. The normalized spacial score (nSPS) is 22.1. The first-order valence-electron chi connectivity index (χ1n) is 9.30. The van der Waals surface area contributed by atoms with E-state index >= 15 is 0 Å². The molecule has 2 aliphatic heterocycles. The number of piperazine rings is 1. The van der Waals surface area contributed by atoms with Gasteiger partial charge < -0.3 is 15.0 Å². The summed E-state index contributed by atoms with van der Waals surface area (Å²) in [5, 5.41) is 7.31. The number of aromatic nitrogens is 2. The molecule has 0 bridgehead atoms. The molecule has 1 atom stereocenters. The molecule has 1 aromatic heterocycles. The van der Waals surface area contributed by atoms with Crippen LogP contribution in [0.5, 0.6) is 0 Å². The van der Waals surface area contributed by atoms with Gasteiger partial charge in [-0.1, -0.05) is 13.3 Å². The van der Waals surface area contributed by atoms with Crippen LogP contribution in [0.25, 0.3) is 0 Å². The van der Waals surface area contributed by atoms with Gasteiger partial charge in [0, 0.05) is 38.5 Å². The summed E-state index contributed by atoms with van der Waals surface area (Å²) in [6, 6.07) is -0.371. The Morgan fingerprint density at radius 1 is 1.40 bits per heavy atom. The lowest BCUT2D eigenvalue weighted by atomic mass is 10.0. The highest BCUT2D eigenvalue weighted by molar-refractivity contribution is 5.98. The lowest BCUT2D eigenvalue weighted by molar-refractivity contribution is -0.128. The maximum Gasteiger partial charge on any atom is 0.258 e. The summed E-state index contributed by atoms with van der Waals surface area (Å²) in [5.41, 5.74) is 1.50. The van der Waals surface area contributed by atoms with Crippen molar-refractivity contribution < 1.29 is 14.3 Å². The average molecular weight is 348 g/mol. The zero-order valence-corrected chi connectivity index (χ0v) is 15.2. The molecule has 2 aliphatic rings. The van der Waals surface area contributed by atoms with Crippen LogP contribution in [-0.2, 0) is 16.1 Å². The van der Waals surface area contributed by atoms with Crippen LogP contribution >= 0.6 is 0 Å². The molecular weight excluding hydrogens is 320 g/mol. The average Bonchev–Trinajstić information content (AvgIpc) is 2.98. The van der Waals surface area contributed by atoms with E-state index in [9.17, 15) is 9.59 Å². The van der Waals surface area contributed by atoms with Gasteiger partial charge in [-0.05, 0) is 32.1 Å². The Balaban J connectivity index is 1.74. The highest BCUT2D eigenvalue weighted by atomic mass is 16.5. The summed E-state index contributed by atoms with van der Waals surface area (Å²) in [7, 11) is 0. The number of nitrogens with zero attached hydrogens (tertiary/aromatic N) is 3. The largest absolute Gasteiger partial charge is 0.381 e. The fourth-order valence-corrected chi connectivity index (χ4v) is 3.69. The lowest BCUT2D eigenvalue weighted by Gasteiger charge is -2.35.